The van der Waals surface area contributed by atoms with E-state index in [2.05, 4.69) is 31.0 Å². The zero-order valence-corrected chi connectivity index (χ0v) is 8.66. The molecule has 0 amide bonds. The third-order valence-corrected chi connectivity index (χ3v) is 2.32. The summed E-state index contributed by atoms with van der Waals surface area (Å²) in [6.07, 6.45) is 0. The zero-order chi connectivity index (χ0) is 9.97. The molecule has 74 valence electrons. The van der Waals surface area contributed by atoms with Crippen molar-refractivity contribution in [3.63, 3.8) is 0 Å². The van der Waals surface area contributed by atoms with E-state index in [9.17, 15) is 0 Å². The van der Waals surface area contributed by atoms with Crippen LogP contribution in [-0.2, 0) is 4.74 Å². The fourth-order valence-corrected chi connectivity index (χ4v) is 1.51. The molecule has 2 heteroatoms. The lowest BCUT2D eigenvalue weighted by Gasteiger charge is -2.19. The molecule has 0 N–H and O–H groups in total. The summed E-state index contributed by atoms with van der Waals surface area (Å²) in [4.78, 5) is 4.42. The molecule has 0 bridgehead atoms. The van der Waals surface area contributed by atoms with Crippen LogP contribution in [0.2, 0.25) is 0 Å². The molecule has 14 heavy (non-hydrogen) atoms. The third kappa shape index (κ3) is 1.95. The predicted molar refractivity (Wildman–Crippen MR) is 57.7 cm³/mol. The number of ether oxygens (including phenoxy) is 1. The lowest BCUT2D eigenvalue weighted by molar-refractivity contribution is 0.232. The number of hydrogen-bond donors (Lipinski definition) is 0. The SMILES string of the molecule is Cc1cccc(C2=NC[C@H](C)CO2)c1. The van der Waals surface area contributed by atoms with Gasteiger partial charge in [-0.2, -0.15) is 0 Å². The Bertz CT molecular complexity index is 357. The quantitative estimate of drug-likeness (QED) is 0.664. The Balaban J connectivity index is 2.23. The first-order chi connectivity index (χ1) is 6.75. The highest BCUT2D eigenvalue weighted by Crippen LogP contribution is 2.12. The molecule has 0 aliphatic carbocycles. The van der Waals surface area contributed by atoms with Gasteiger partial charge >= 0.3 is 0 Å². The van der Waals surface area contributed by atoms with Crippen molar-refractivity contribution in [1.29, 1.82) is 0 Å². The van der Waals surface area contributed by atoms with Crippen LogP contribution in [0.4, 0.5) is 0 Å². The highest BCUT2D eigenvalue weighted by atomic mass is 16.5. The van der Waals surface area contributed by atoms with Gasteiger partial charge in [-0.1, -0.05) is 24.6 Å². The van der Waals surface area contributed by atoms with Crippen LogP contribution in [-0.4, -0.2) is 19.0 Å². The molecule has 0 radical (unpaired) electrons. The molecule has 0 aromatic heterocycles. The second-order valence-electron chi connectivity index (χ2n) is 3.93. The highest BCUT2D eigenvalue weighted by molar-refractivity contribution is 5.94. The summed E-state index contributed by atoms with van der Waals surface area (Å²) in [5.74, 6) is 1.34. The van der Waals surface area contributed by atoms with Crippen LogP contribution in [0.3, 0.4) is 0 Å². The molecule has 2 nitrogen and oxygen atoms in total. The molecule has 1 aromatic rings. The summed E-state index contributed by atoms with van der Waals surface area (Å²) in [6.45, 7) is 5.89. The monoisotopic (exact) mass is 189 g/mol. The van der Waals surface area contributed by atoms with Crippen LogP contribution in [0.1, 0.15) is 18.1 Å². The molecule has 1 atom stereocenters. The maximum Gasteiger partial charge on any atom is 0.216 e. The average Bonchev–Trinajstić information content (AvgIpc) is 2.19. The van der Waals surface area contributed by atoms with E-state index in [1.807, 2.05) is 12.1 Å². The molecule has 0 saturated carbocycles. The van der Waals surface area contributed by atoms with Gasteiger partial charge in [-0.3, -0.25) is 4.99 Å². The maximum absolute atomic E-state index is 5.58. The number of hydrogen-bond acceptors (Lipinski definition) is 2. The molecular formula is C12H15NO. The van der Waals surface area contributed by atoms with Crippen molar-refractivity contribution in [1.82, 2.24) is 0 Å². The lowest BCUT2D eigenvalue weighted by atomic mass is 10.1. The molecule has 2 rings (SSSR count). The van der Waals surface area contributed by atoms with Crippen molar-refractivity contribution < 1.29 is 4.74 Å². The summed E-state index contributed by atoms with van der Waals surface area (Å²) in [7, 11) is 0. The Morgan fingerprint density at radius 2 is 2.29 bits per heavy atom. The highest BCUT2D eigenvalue weighted by Gasteiger charge is 2.13. The van der Waals surface area contributed by atoms with Crippen molar-refractivity contribution in [3.8, 4) is 0 Å². The zero-order valence-electron chi connectivity index (χ0n) is 8.66. The Morgan fingerprint density at radius 3 is 2.93 bits per heavy atom. The van der Waals surface area contributed by atoms with Crippen LogP contribution in [0.5, 0.6) is 0 Å². The van der Waals surface area contributed by atoms with Gasteiger partial charge in [-0.25, -0.2) is 0 Å². The molecule has 1 aromatic carbocycles. The molecule has 0 unspecified atom stereocenters. The third-order valence-electron chi connectivity index (χ3n) is 2.32. The lowest BCUT2D eigenvalue weighted by Crippen LogP contribution is -2.21. The predicted octanol–water partition coefficient (Wildman–Crippen LogP) is 2.41. The van der Waals surface area contributed by atoms with Crippen LogP contribution in [0, 0.1) is 12.8 Å². The maximum atomic E-state index is 5.58. The van der Waals surface area contributed by atoms with Gasteiger partial charge in [0.25, 0.3) is 0 Å². The van der Waals surface area contributed by atoms with Crippen LogP contribution < -0.4 is 0 Å². The molecular weight excluding hydrogens is 174 g/mol. The standard InChI is InChI=1S/C12H15NO/c1-9-4-3-5-11(6-9)12-13-7-10(2)8-14-12/h3-6,10H,7-8H2,1-2H3/t10-/m0/s1. The second kappa shape index (κ2) is 3.82. The molecule has 0 fully saturated rings. The molecule has 1 aliphatic rings. The van der Waals surface area contributed by atoms with E-state index in [1.54, 1.807) is 0 Å². The van der Waals surface area contributed by atoms with Crippen LogP contribution >= 0.6 is 0 Å². The van der Waals surface area contributed by atoms with E-state index >= 15 is 0 Å². The Hall–Kier alpha value is -1.31. The minimum absolute atomic E-state index is 0.545. The first-order valence-corrected chi connectivity index (χ1v) is 5.00. The van der Waals surface area contributed by atoms with Crippen molar-refractivity contribution in [2.24, 2.45) is 10.9 Å². The Labute approximate surface area is 84.6 Å². The molecule has 1 heterocycles. The summed E-state index contributed by atoms with van der Waals surface area (Å²) >= 11 is 0. The van der Waals surface area contributed by atoms with Crippen molar-refractivity contribution in [2.75, 3.05) is 13.2 Å². The van der Waals surface area contributed by atoms with Gasteiger partial charge < -0.3 is 4.74 Å². The summed E-state index contributed by atoms with van der Waals surface area (Å²) in [5.41, 5.74) is 2.34. The van der Waals surface area contributed by atoms with Crippen LogP contribution in [0.25, 0.3) is 0 Å². The van der Waals surface area contributed by atoms with Gasteiger partial charge in [0.05, 0.1) is 6.61 Å². The Morgan fingerprint density at radius 1 is 1.43 bits per heavy atom. The smallest absolute Gasteiger partial charge is 0.216 e. The first kappa shape index (κ1) is 9.25. The number of aliphatic imine (C=N–C) groups is 1. The average molecular weight is 189 g/mol. The van der Waals surface area contributed by atoms with Gasteiger partial charge in [0, 0.05) is 18.0 Å². The van der Waals surface area contributed by atoms with Gasteiger partial charge in [-0.05, 0) is 19.1 Å². The van der Waals surface area contributed by atoms with Gasteiger partial charge in [-0.15, -0.1) is 0 Å². The number of rotatable bonds is 1. The summed E-state index contributed by atoms with van der Waals surface area (Å²) in [6, 6.07) is 8.26. The van der Waals surface area contributed by atoms with E-state index in [0.717, 1.165) is 24.6 Å². The minimum atomic E-state index is 0.545. The van der Waals surface area contributed by atoms with Crippen molar-refractivity contribution in [3.05, 3.63) is 35.4 Å². The van der Waals surface area contributed by atoms with Crippen LogP contribution in [0.15, 0.2) is 29.3 Å². The van der Waals surface area contributed by atoms with Gasteiger partial charge in [0.2, 0.25) is 5.90 Å². The number of nitrogens with zero attached hydrogens (tertiary/aromatic N) is 1. The normalized spacial score (nSPS) is 21.3. The van der Waals surface area contributed by atoms with Gasteiger partial charge in [0.15, 0.2) is 0 Å². The minimum Gasteiger partial charge on any atom is -0.477 e. The number of benzene rings is 1. The second-order valence-corrected chi connectivity index (χ2v) is 3.93. The van der Waals surface area contributed by atoms with E-state index in [1.165, 1.54) is 5.56 Å². The fourth-order valence-electron chi connectivity index (χ4n) is 1.51. The summed E-state index contributed by atoms with van der Waals surface area (Å²) < 4.78 is 5.58. The van der Waals surface area contributed by atoms with E-state index in [4.69, 9.17) is 4.74 Å². The van der Waals surface area contributed by atoms with Gasteiger partial charge in [0.1, 0.15) is 0 Å². The first-order valence-electron chi connectivity index (χ1n) is 5.00. The van der Waals surface area contributed by atoms with E-state index in [0.29, 0.717) is 5.92 Å². The molecule has 1 aliphatic heterocycles. The number of aryl methyl sites for hydroxylation is 1. The fraction of sp³-hybridized carbons (Fsp3) is 0.417. The summed E-state index contributed by atoms with van der Waals surface area (Å²) in [5, 5.41) is 0. The van der Waals surface area contributed by atoms with E-state index < -0.39 is 0 Å². The largest absolute Gasteiger partial charge is 0.477 e. The Kier molecular flexibility index (Phi) is 2.53. The molecule has 0 spiro atoms. The van der Waals surface area contributed by atoms with Crippen molar-refractivity contribution >= 4 is 5.90 Å². The van der Waals surface area contributed by atoms with Crippen molar-refractivity contribution in [2.45, 2.75) is 13.8 Å². The van der Waals surface area contributed by atoms with E-state index in [-0.39, 0.29) is 0 Å². The topological polar surface area (TPSA) is 21.6 Å². The molecule has 0 saturated heterocycles.